The highest BCUT2D eigenvalue weighted by molar-refractivity contribution is 5.93. The van der Waals surface area contributed by atoms with Gasteiger partial charge in [-0.1, -0.05) is 80.7 Å². The summed E-state index contributed by atoms with van der Waals surface area (Å²) in [5, 5.41) is 29.6. The van der Waals surface area contributed by atoms with E-state index in [2.05, 4.69) is 16.1 Å². The van der Waals surface area contributed by atoms with Crippen molar-refractivity contribution in [3.8, 4) is 5.75 Å². The zero-order valence-corrected chi connectivity index (χ0v) is 34.0. The minimum absolute atomic E-state index is 0.000238. The normalized spacial score (nSPS) is 27.1. The molecule has 2 aliphatic heterocycles. The highest BCUT2D eigenvalue weighted by atomic mass is 16.7. The number of nitrogens with zero attached hydrogens (tertiary/aromatic N) is 2. The van der Waals surface area contributed by atoms with E-state index in [1.54, 1.807) is 88.4 Å². The van der Waals surface area contributed by atoms with Gasteiger partial charge in [-0.2, -0.15) is 0 Å². The van der Waals surface area contributed by atoms with Crippen molar-refractivity contribution in [1.29, 1.82) is 0 Å². The quantitative estimate of drug-likeness (QED) is 0.0808. The first kappa shape index (κ1) is 46.1. The van der Waals surface area contributed by atoms with Crippen molar-refractivity contribution < 1.29 is 43.8 Å². The Hall–Kier alpha value is -5.31. The van der Waals surface area contributed by atoms with E-state index in [1.165, 1.54) is 37.4 Å². The number of esters is 1. The Balaban J connectivity index is 2.07. The number of amides is 4. The number of phenols is 1. The summed E-state index contributed by atoms with van der Waals surface area (Å²) in [5.74, 6) is -3.97. The first-order chi connectivity index (χ1) is 27.2. The number of hydrazine groups is 1. The number of hydrogen-bond acceptors (Lipinski definition) is 10. The first-order valence-electron chi connectivity index (χ1n) is 19.3. The molecule has 0 aromatic heterocycles. The van der Waals surface area contributed by atoms with Crippen LogP contribution in [-0.4, -0.2) is 101 Å². The molecule has 310 valence electrons. The number of aliphatic hydroxyl groups excluding tert-OH is 1. The molecule has 0 aliphatic carbocycles. The molecule has 1 saturated heterocycles. The van der Waals surface area contributed by atoms with Gasteiger partial charge in [0.25, 0.3) is 11.8 Å². The van der Waals surface area contributed by atoms with Gasteiger partial charge < -0.3 is 25.6 Å². The van der Waals surface area contributed by atoms with Gasteiger partial charge in [0.05, 0.1) is 19.1 Å². The number of benzene rings is 1. The summed E-state index contributed by atoms with van der Waals surface area (Å²) in [4.78, 5) is 73.0. The van der Waals surface area contributed by atoms with Crippen LogP contribution in [0.5, 0.6) is 5.75 Å². The Labute approximate surface area is 336 Å². The number of fused-ring (bicyclic) bond motifs is 2. The molecule has 4 amide bonds. The Kier molecular flexibility index (Phi) is 18.6. The van der Waals surface area contributed by atoms with Crippen molar-refractivity contribution >= 4 is 29.6 Å². The topological polar surface area (TPSA) is 187 Å². The second-order valence-electron chi connectivity index (χ2n) is 14.5. The van der Waals surface area contributed by atoms with Gasteiger partial charge in [0.1, 0.15) is 30.0 Å². The van der Waals surface area contributed by atoms with Crippen molar-refractivity contribution in [2.45, 2.75) is 97.1 Å². The summed E-state index contributed by atoms with van der Waals surface area (Å²) in [5.41, 5.74) is 4.76. The maximum atomic E-state index is 14.3. The summed E-state index contributed by atoms with van der Waals surface area (Å²) in [6.45, 7) is 9.08. The molecule has 0 spiro atoms. The maximum Gasteiger partial charge on any atom is 0.325 e. The van der Waals surface area contributed by atoms with Gasteiger partial charge in [-0.15, -0.1) is 0 Å². The molecule has 3 rings (SSSR count). The molecule has 1 unspecified atom stereocenters. The number of cyclic esters (lactones) is 1. The average Bonchev–Trinajstić information content (AvgIpc) is 3.19. The number of aliphatic hydroxyl groups is 1. The van der Waals surface area contributed by atoms with Crippen LogP contribution < -0.4 is 16.1 Å². The van der Waals surface area contributed by atoms with E-state index in [0.29, 0.717) is 29.6 Å². The van der Waals surface area contributed by atoms with E-state index in [4.69, 9.17) is 9.57 Å². The zero-order valence-electron chi connectivity index (χ0n) is 34.0. The van der Waals surface area contributed by atoms with Gasteiger partial charge in [0.2, 0.25) is 11.8 Å². The molecule has 1 fully saturated rings. The van der Waals surface area contributed by atoms with Crippen LogP contribution in [0.1, 0.15) is 65.9 Å². The number of likely N-dealkylation sites (N-methyl/N-ethyl adjacent to an activating group) is 1. The largest absolute Gasteiger partial charge is 0.508 e. The van der Waals surface area contributed by atoms with Crippen LogP contribution >= 0.6 is 0 Å². The summed E-state index contributed by atoms with van der Waals surface area (Å²) >= 11 is 0. The molecule has 2 bridgehead atoms. The third-order valence-corrected chi connectivity index (χ3v) is 9.77. The van der Waals surface area contributed by atoms with Crippen LogP contribution in [0.4, 0.5) is 0 Å². The molecular formula is C43H59N5O9. The lowest BCUT2D eigenvalue weighted by molar-refractivity contribution is -0.162. The lowest BCUT2D eigenvalue weighted by atomic mass is 9.91. The molecule has 6 atom stereocenters. The van der Waals surface area contributed by atoms with E-state index in [9.17, 15) is 34.2 Å². The smallest absolute Gasteiger partial charge is 0.325 e. The van der Waals surface area contributed by atoms with Crippen LogP contribution in [0.3, 0.4) is 0 Å². The molecule has 5 N–H and O–H groups in total. The molecule has 14 heteroatoms. The molecule has 57 heavy (non-hydrogen) atoms. The van der Waals surface area contributed by atoms with E-state index in [0.717, 1.165) is 5.06 Å². The molecule has 14 nitrogen and oxygen atoms in total. The summed E-state index contributed by atoms with van der Waals surface area (Å²) in [6, 6.07) is 3.23. The first-order valence-corrected chi connectivity index (χ1v) is 19.3. The summed E-state index contributed by atoms with van der Waals surface area (Å²) in [7, 11) is 2.86. The van der Waals surface area contributed by atoms with Gasteiger partial charge in [-0.25, -0.2) is 10.5 Å². The number of rotatable bonds is 9. The van der Waals surface area contributed by atoms with Crippen molar-refractivity contribution in [1.82, 2.24) is 26.1 Å². The third-order valence-electron chi connectivity index (χ3n) is 9.77. The Morgan fingerprint density at radius 3 is 2.56 bits per heavy atom. The number of nitrogens with one attached hydrogen (secondary N) is 3. The number of carbonyl (C=O) groups is 5. The van der Waals surface area contributed by atoms with Crippen molar-refractivity contribution in [3.63, 3.8) is 0 Å². The number of hydroxylamine groups is 2. The SMILES string of the molecule is C/C=C/C[C@H]1C(=O)N[C@@H](C(C)C)C(=O)N[C@@H](Cc2cccc(O)c2)C(=O)N2CCCC(N2)C(=O)O[C@H](/C(C)=C/C=C/C(=O)N(C)OC)C/C=C/C=C/C=C(\C)[C@H]1O. The molecule has 1 aromatic carbocycles. The predicted molar refractivity (Wildman–Crippen MR) is 217 cm³/mol. The number of phenolic OH excluding ortho intramolecular Hbond substituents is 1. The fourth-order valence-electron chi connectivity index (χ4n) is 6.24. The van der Waals surface area contributed by atoms with E-state index < -0.39 is 65.9 Å². The standard InChI is InChI=1S/C43H59N5O9/c1-8-9-21-33-39(51)30(5)17-12-10-11-13-23-36(29(4)18-14-24-37(50)47(6)56-7)57-43(55)34-22-16-25-48(46-34)42(54)35(27-31-19-15-20-32(49)26-31)44-41(53)38(28(2)3)45-40(33)52/h8-15,17-20,24,26,28,33-36,38-39,46,49,51H,16,21-23,25,27H2,1-7H3,(H,44,53)(H,45,52)/b9-8+,12-10+,13-11+,24-14+,29-18+,30-17+/t33-,34?,35+,36+,38+,39-/m1/s1. The number of hydrogen-bond donors (Lipinski definition) is 5. The molecule has 0 saturated carbocycles. The van der Waals surface area contributed by atoms with Gasteiger partial charge in [-0.3, -0.25) is 33.8 Å². The average molecular weight is 790 g/mol. The Morgan fingerprint density at radius 2 is 1.88 bits per heavy atom. The van der Waals surface area contributed by atoms with Crippen molar-refractivity contribution in [3.05, 3.63) is 102 Å². The Bertz CT molecular complexity index is 1750. The van der Waals surface area contributed by atoms with E-state index >= 15 is 0 Å². The minimum atomic E-state index is -1.18. The van der Waals surface area contributed by atoms with Crippen molar-refractivity contribution in [2.75, 3.05) is 20.7 Å². The van der Waals surface area contributed by atoms with Crippen LogP contribution in [-0.2, 0) is 40.0 Å². The number of allylic oxidation sites excluding steroid dienone is 8. The zero-order chi connectivity index (χ0) is 42.1. The summed E-state index contributed by atoms with van der Waals surface area (Å²) in [6.07, 6.45) is 16.3. The second-order valence-corrected chi connectivity index (χ2v) is 14.5. The number of carbonyl (C=O) groups excluding carboxylic acids is 5. The van der Waals surface area contributed by atoms with Gasteiger partial charge in [0.15, 0.2) is 0 Å². The van der Waals surface area contributed by atoms with Gasteiger partial charge >= 0.3 is 5.97 Å². The maximum absolute atomic E-state index is 14.3. The van der Waals surface area contributed by atoms with E-state index in [-0.39, 0.29) is 37.5 Å². The lowest BCUT2D eigenvalue weighted by Crippen LogP contribution is -2.62. The Morgan fingerprint density at radius 1 is 1.12 bits per heavy atom. The van der Waals surface area contributed by atoms with E-state index in [1.807, 2.05) is 13.0 Å². The van der Waals surface area contributed by atoms with Crippen LogP contribution in [0.2, 0.25) is 0 Å². The van der Waals surface area contributed by atoms with Crippen LogP contribution in [0.25, 0.3) is 0 Å². The summed E-state index contributed by atoms with van der Waals surface area (Å²) < 4.78 is 6.02. The molecule has 0 radical (unpaired) electrons. The number of ether oxygens (including phenoxy) is 1. The second kappa shape index (κ2) is 23.0. The molecular weight excluding hydrogens is 730 g/mol. The molecule has 2 heterocycles. The lowest BCUT2D eigenvalue weighted by Gasteiger charge is -2.36. The van der Waals surface area contributed by atoms with Crippen LogP contribution in [0.15, 0.2) is 96.2 Å². The number of aromatic hydroxyl groups is 1. The van der Waals surface area contributed by atoms with Gasteiger partial charge in [-0.05, 0) is 74.8 Å². The molecule has 1 aromatic rings. The third kappa shape index (κ3) is 14.3. The minimum Gasteiger partial charge on any atom is -0.508 e. The molecule has 2 aliphatic rings. The predicted octanol–water partition coefficient (Wildman–Crippen LogP) is 3.90. The van der Waals surface area contributed by atoms with Crippen molar-refractivity contribution in [2.24, 2.45) is 11.8 Å². The van der Waals surface area contributed by atoms with Crippen LogP contribution in [0, 0.1) is 11.8 Å². The highest BCUT2D eigenvalue weighted by Crippen LogP contribution is 2.21. The fourth-order valence-corrected chi connectivity index (χ4v) is 6.24. The highest BCUT2D eigenvalue weighted by Gasteiger charge is 2.37. The van der Waals surface area contributed by atoms with Gasteiger partial charge in [0, 0.05) is 32.5 Å². The fraction of sp³-hybridized carbons (Fsp3) is 0.465. The monoisotopic (exact) mass is 789 g/mol.